The molecule has 4 rings (SSSR count). The Balaban J connectivity index is 2.08. The molecular formula is C20H16N2O2. The summed E-state index contributed by atoms with van der Waals surface area (Å²) in [4.78, 5) is 12.7. The fraction of sp³-hybridized carbons (Fsp3) is 0.100. The molecule has 2 aromatic carbocycles. The molecule has 0 aliphatic carbocycles. The lowest BCUT2D eigenvalue weighted by molar-refractivity contribution is -0.395. The van der Waals surface area contributed by atoms with E-state index in [9.17, 15) is 10.1 Å². The van der Waals surface area contributed by atoms with E-state index in [1.54, 1.807) is 26.0 Å². The molecule has 0 saturated carbocycles. The van der Waals surface area contributed by atoms with Crippen molar-refractivity contribution in [2.75, 3.05) is 0 Å². The molecule has 0 bridgehead atoms. The van der Waals surface area contributed by atoms with Gasteiger partial charge < -0.3 is 10.3 Å². The fourth-order valence-electron chi connectivity index (χ4n) is 3.25. The van der Waals surface area contributed by atoms with Crippen molar-refractivity contribution in [1.82, 2.24) is 5.06 Å². The van der Waals surface area contributed by atoms with Crippen LogP contribution in [0, 0.1) is 10.1 Å². The maximum absolute atomic E-state index is 12.7. The molecule has 0 unspecified atom stereocenters. The Morgan fingerprint density at radius 3 is 2.17 bits per heavy atom. The van der Waals surface area contributed by atoms with E-state index in [0.29, 0.717) is 22.8 Å². The lowest BCUT2D eigenvalue weighted by Gasteiger charge is -2.34. The van der Waals surface area contributed by atoms with Gasteiger partial charge in [-0.3, -0.25) is 0 Å². The second kappa shape index (κ2) is 5.28. The second-order valence-corrected chi connectivity index (χ2v) is 5.99. The Bertz CT molecular complexity index is 1160. The summed E-state index contributed by atoms with van der Waals surface area (Å²) in [5, 5.41) is 17.3. The number of nitrogens with zero attached hydrogens (tertiary/aromatic N) is 2. The molecule has 0 saturated heterocycles. The lowest BCUT2D eigenvalue weighted by Crippen LogP contribution is -2.38. The average Bonchev–Trinajstić information content (AvgIpc) is 2.61. The van der Waals surface area contributed by atoms with Crippen molar-refractivity contribution in [3.05, 3.63) is 90.9 Å². The monoisotopic (exact) mass is 316 g/mol. The molecule has 2 aliphatic heterocycles. The highest BCUT2D eigenvalue weighted by Crippen LogP contribution is 2.22. The predicted molar refractivity (Wildman–Crippen MR) is 94.3 cm³/mol. The summed E-state index contributed by atoms with van der Waals surface area (Å²) >= 11 is 0. The highest BCUT2D eigenvalue weighted by atomic mass is 16.5. The Labute approximate surface area is 138 Å². The number of rotatable bonds is 0. The Morgan fingerprint density at radius 1 is 0.875 bits per heavy atom. The van der Waals surface area contributed by atoms with E-state index in [-0.39, 0.29) is 0 Å². The molecule has 24 heavy (non-hydrogen) atoms. The van der Waals surface area contributed by atoms with Gasteiger partial charge in [-0.15, -0.1) is 0 Å². The summed E-state index contributed by atoms with van der Waals surface area (Å²) in [5.74, 6) is 0. The molecule has 2 aromatic rings. The summed E-state index contributed by atoms with van der Waals surface area (Å²) in [6.45, 7) is 3.56. The smallest absolute Gasteiger partial charge is 0.286 e. The first-order valence-electron chi connectivity index (χ1n) is 7.82. The highest BCUT2D eigenvalue weighted by Gasteiger charge is 2.28. The summed E-state index contributed by atoms with van der Waals surface area (Å²) in [6.07, 6.45) is 3.57. The SMILES string of the molecule is CC1=c2ccccc2=CC(=C2C=c3ccccc3=C(C)[N+]2=O)N1[O-]. The third kappa shape index (κ3) is 2.04. The number of nitroso groups, excluding NO2 is 1. The molecule has 4 nitrogen and oxygen atoms in total. The molecule has 0 atom stereocenters. The molecule has 0 radical (unpaired) electrons. The first-order chi connectivity index (χ1) is 11.6. The number of allylic oxidation sites excluding steroid dienone is 2. The maximum atomic E-state index is 12.7. The van der Waals surface area contributed by atoms with Crippen LogP contribution in [0.4, 0.5) is 0 Å². The number of hydrogen-bond donors (Lipinski definition) is 0. The third-order valence-corrected chi connectivity index (χ3v) is 4.59. The minimum Gasteiger partial charge on any atom is -0.754 e. The van der Waals surface area contributed by atoms with Crippen LogP contribution >= 0.6 is 0 Å². The normalized spacial score (nSPS) is 19.5. The lowest BCUT2D eigenvalue weighted by atomic mass is 10.1. The van der Waals surface area contributed by atoms with Crippen molar-refractivity contribution < 1.29 is 4.76 Å². The van der Waals surface area contributed by atoms with Crippen molar-refractivity contribution >= 4 is 23.5 Å². The van der Waals surface area contributed by atoms with Crippen LogP contribution in [0.1, 0.15) is 13.8 Å². The minimum absolute atomic E-state index is 0.370. The van der Waals surface area contributed by atoms with Crippen LogP contribution in [-0.2, 0) is 0 Å². The van der Waals surface area contributed by atoms with Gasteiger partial charge >= 0.3 is 0 Å². The average molecular weight is 316 g/mol. The topological polar surface area (TPSA) is 46.4 Å². The molecule has 0 aromatic heterocycles. The van der Waals surface area contributed by atoms with Crippen LogP contribution in [0.2, 0.25) is 0 Å². The third-order valence-electron chi connectivity index (χ3n) is 4.59. The van der Waals surface area contributed by atoms with Crippen molar-refractivity contribution in [2.45, 2.75) is 13.8 Å². The summed E-state index contributed by atoms with van der Waals surface area (Å²) in [7, 11) is 0. The van der Waals surface area contributed by atoms with E-state index in [1.165, 1.54) is 0 Å². The zero-order valence-electron chi connectivity index (χ0n) is 13.5. The summed E-state index contributed by atoms with van der Waals surface area (Å²) in [6, 6.07) is 15.4. The van der Waals surface area contributed by atoms with E-state index >= 15 is 0 Å². The predicted octanol–water partition coefficient (Wildman–Crippen LogP) is 1.02. The van der Waals surface area contributed by atoms with E-state index < -0.39 is 0 Å². The molecule has 0 N–H and O–H groups in total. The van der Waals surface area contributed by atoms with Gasteiger partial charge in [0.05, 0.1) is 9.98 Å². The van der Waals surface area contributed by atoms with Gasteiger partial charge in [-0.25, -0.2) is 0 Å². The number of fused-ring (bicyclic) bond motifs is 2. The molecule has 118 valence electrons. The highest BCUT2D eigenvalue weighted by molar-refractivity contribution is 5.66. The van der Waals surface area contributed by atoms with Crippen molar-refractivity contribution in [2.24, 2.45) is 0 Å². The van der Waals surface area contributed by atoms with Crippen molar-refractivity contribution in [3.8, 4) is 0 Å². The fourth-order valence-corrected chi connectivity index (χ4v) is 3.25. The maximum Gasteiger partial charge on any atom is 0.286 e. The van der Waals surface area contributed by atoms with Crippen molar-refractivity contribution in [3.63, 3.8) is 0 Å². The Hall–Kier alpha value is -2.98. The zero-order valence-corrected chi connectivity index (χ0v) is 13.5. The van der Waals surface area contributed by atoms with Gasteiger partial charge in [0.2, 0.25) is 5.70 Å². The Morgan fingerprint density at radius 2 is 1.46 bits per heavy atom. The molecule has 4 heteroatoms. The van der Waals surface area contributed by atoms with Gasteiger partial charge in [-0.2, -0.15) is 0 Å². The number of hydrogen-bond acceptors (Lipinski definition) is 3. The van der Waals surface area contributed by atoms with E-state index in [0.717, 1.165) is 30.7 Å². The molecule has 2 heterocycles. The van der Waals surface area contributed by atoms with Crippen molar-refractivity contribution in [1.29, 1.82) is 0 Å². The molecule has 2 aliphatic rings. The Kier molecular flexibility index (Phi) is 3.22. The molecule has 0 fully saturated rings. The summed E-state index contributed by atoms with van der Waals surface area (Å²) in [5.41, 5.74) is 1.92. The van der Waals surface area contributed by atoms with Crippen LogP contribution in [0.15, 0.2) is 59.9 Å². The second-order valence-electron chi connectivity index (χ2n) is 5.99. The van der Waals surface area contributed by atoms with Gasteiger partial charge in [0.1, 0.15) is 5.70 Å². The quantitative estimate of drug-likeness (QED) is 0.682. The largest absolute Gasteiger partial charge is 0.754 e. The number of hydroxylamine groups is 2. The van der Waals surface area contributed by atoms with Crippen LogP contribution in [0.25, 0.3) is 23.5 Å². The minimum atomic E-state index is 0.370. The van der Waals surface area contributed by atoms with E-state index in [1.807, 2.05) is 48.5 Å². The van der Waals surface area contributed by atoms with E-state index in [4.69, 9.17) is 0 Å². The molecule has 0 amide bonds. The molecular weight excluding hydrogens is 300 g/mol. The van der Waals surface area contributed by atoms with Gasteiger partial charge in [0, 0.05) is 28.8 Å². The standard InChI is InChI=1S/C20H16N2O2/c1-13-17-9-5-3-7-15(17)11-19(21(13)23)20-12-16-8-4-6-10-18(16)14(2)22(20)24/h3-12H,1-2H3. The summed E-state index contributed by atoms with van der Waals surface area (Å²) < 4.78 is 0.847. The zero-order chi connectivity index (χ0) is 16.8. The molecule has 0 spiro atoms. The van der Waals surface area contributed by atoms with Crippen LogP contribution < -0.4 is 20.9 Å². The van der Waals surface area contributed by atoms with Crippen LogP contribution in [0.5, 0.6) is 0 Å². The first kappa shape index (κ1) is 14.6. The van der Waals surface area contributed by atoms with Gasteiger partial charge in [0.25, 0.3) is 5.70 Å². The van der Waals surface area contributed by atoms with Gasteiger partial charge in [0.15, 0.2) is 0 Å². The van der Waals surface area contributed by atoms with Gasteiger partial charge in [-0.1, -0.05) is 42.5 Å². The van der Waals surface area contributed by atoms with E-state index in [2.05, 4.69) is 0 Å². The van der Waals surface area contributed by atoms with Crippen LogP contribution in [0.3, 0.4) is 0 Å². The van der Waals surface area contributed by atoms with Crippen LogP contribution in [-0.4, -0.2) is 9.82 Å². The number of benzene rings is 2. The van der Waals surface area contributed by atoms with Gasteiger partial charge in [-0.05, 0) is 29.5 Å². The first-order valence-corrected chi connectivity index (χ1v) is 7.82.